The fourth-order valence-corrected chi connectivity index (χ4v) is 2.12. The van der Waals surface area contributed by atoms with Gasteiger partial charge in [0.2, 0.25) is 0 Å². The molecular formula is C10H22N2O. The van der Waals surface area contributed by atoms with E-state index in [0.717, 1.165) is 25.6 Å². The zero-order chi connectivity index (χ0) is 9.52. The van der Waals surface area contributed by atoms with Crippen LogP contribution in [0.15, 0.2) is 0 Å². The number of rotatable bonds is 4. The molecule has 2 N–H and O–H groups in total. The molecule has 0 spiro atoms. The highest BCUT2D eigenvalue weighted by Crippen LogP contribution is 2.15. The molecular weight excluding hydrogens is 164 g/mol. The van der Waals surface area contributed by atoms with Crippen molar-refractivity contribution in [2.24, 2.45) is 5.92 Å². The number of hydrogen-bond donors (Lipinski definition) is 2. The third kappa shape index (κ3) is 4.07. The molecule has 3 heteroatoms. The van der Waals surface area contributed by atoms with E-state index in [1.165, 1.54) is 25.8 Å². The van der Waals surface area contributed by atoms with E-state index >= 15 is 0 Å². The molecule has 1 aliphatic heterocycles. The summed E-state index contributed by atoms with van der Waals surface area (Å²) in [5, 5.41) is 12.1. The van der Waals surface area contributed by atoms with Crippen molar-refractivity contribution in [2.45, 2.75) is 19.3 Å². The zero-order valence-corrected chi connectivity index (χ0v) is 8.63. The molecule has 0 saturated carbocycles. The summed E-state index contributed by atoms with van der Waals surface area (Å²) in [7, 11) is 2.02. The van der Waals surface area contributed by atoms with E-state index in [1.807, 2.05) is 7.05 Å². The Balaban J connectivity index is 2.30. The van der Waals surface area contributed by atoms with Crippen LogP contribution >= 0.6 is 0 Å². The van der Waals surface area contributed by atoms with E-state index in [-0.39, 0.29) is 0 Å². The van der Waals surface area contributed by atoms with Gasteiger partial charge in [0.15, 0.2) is 0 Å². The van der Waals surface area contributed by atoms with Gasteiger partial charge in [-0.1, -0.05) is 6.42 Å². The maximum absolute atomic E-state index is 8.87. The molecule has 13 heavy (non-hydrogen) atoms. The van der Waals surface area contributed by atoms with Crippen LogP contribution in [0.25, 0.3) is 0 Å². The van der Waals surface area contributed by atoms with E-state index in [9.17, 15) is 0 Å². The SMILES string of the molecule is CNCC1CCCCN(CCO)C1. The van der Waals surface area contributed by atoms with Crippen LogP contribution in [0.2, 0.25) is 0 Å². The highest BCUT2D eigenvalue weighted by Gasteiger charge is 2.16. The van der Waals surface area contributed by atoms with Crippen LogP contribution in [-0.4, -0.2) is 49.8 Å². The Kier molecular flexibility index (Phi) is 5.35. The molecule has 1 heterocycles. The molecule has 0 amide bonds. The molecule has 1 rings (SSSR count). The summed E-state index contributed by atoms with van der Waals surface area (Å²) < 4.78 is 0. The van der Waals surface area contributed by atoms with Gasteiger partial charge in [-0.25, -0.2) is 0 Å². The van der Waals surface area contributed by atoms with Gasteiger partial charge >= 0.3 is 0 Å². The molecule has 0 bridgehead atoms. The average molecular weight is 186 g/mol. The molecule has 0 aromatic carbocycles. The average Bonchev–Trinajstić information content (AvgIpc) is 2.32. The Morgan fingerprint density at radius 2 is 2.31 bits per heavy atom. The van der Waals surface area contributed by atoms with E-state index < -0.39 is 0 Å². The van der Waals surface area contributed by atoms with E-state index in [0.29, 0.717) is 6.61 Å². The third-order valence-corrected chi connectivity index (χ3v) is 2.76. The van der Waals surface area contributed by atoms with Crippen molar-refractivity contribution in [1.29, 1.82) is 0 Å². The van der Waals surface area contributed by atoms with Gasteiger partial charge in [0.1, 0.15) is 0 Å². The standard InChI is InChI=1S/C10H22N2O/c1-11-8-10-4-2-3-5-12(9-10)6-7-13/h10-11,13H,2-9H2,1H3. The quantitative estimate of drug-likeness (QED) is 0.663. The molecule has 1 atom stereocenters. The fraction of sp³-hybridized carbons (Fsp3) is 1.00. The maximum Gasteiger partial charge on any atom is 0.0558 e. The van der Waals surface area contributed by atoms with Crippen molar-refractivity contribution < 1.29 is 5.11 Å². The monoisotopic (exact) mass is 186 g/mol. The van der Waals surface area contributed by atoms with Gasteiger partial charge in [0.05, 0.1) is 6.61 Å². The minimum atomic E-state index is 0.298. The molecule has 0 aliphatic carbocycles. The summed E-state index contributed by atoms with van der Waals surface area (Å²) >= 11 is 0. The molecule has 0 aromatic heterocycles. The molecule has 1 unspecified atom stereocenters. The number of aliphatic hydroxyl groups is 1. The van der Waals surface area contributed by atoms with Crippen molar-refractivity contribution in [2.75, 3.05) is 39.8 Å². The lowest BCUT2D eigenvalue weighted by molar-refractivity contribution is 0.184. The van der Waals surface area contributed by atoms with Crippen LogP contribution in [0.3, 0.4) is 0 Å². The first-order chi connectivity index (χ1) is 6.36. The maximum atomic E-state index is 8.87. The molecule has 3 nitrogen and oxygen atoms in total. The lowest BCUT2D eigenvalue weighted by Crippen LogP contribution is -2.34. The third-order valence-electron chi connectivity index (χ3n) is 2.76. The lowest BCUT2D eigenvalue weighted by atomic mass is 10.0. The van der Waals surface area contributed by atoms with Crippen molar-refractivity contribution >= 4 is 0 Å². The van der Waals surface area contributed by atoms with Gasteiger partial charge in [-0.15, -0.1) is 0 Å². The van der Waals surface area contributed by atoms with E-state index in [1.54, 1.807) is 0 Å². The first-order valence-corrected chi connectivity index (χ1v) is 5.34. The Hall–Kier alpha value is -0.120. The molecule has 78 valence electrons. The molecule has 1 aliphatic rings. The number of nitrogens with zero attached hydrogens (tertiary/aromatic N) is 1. The summed E-state index contributed by atoms with van der Waals surface area (Å²) in [5.41, 5.74) is 0. The first kappa shape index (κ1) is 11.0. The van der Waals surface area contributed by atoms with Crippen molar-refractivity contribution in [1.82, 2.24) is 10.2 Å². The highest BCUT2D eigenvalue weighted by molar-refractivity contribution is 4.72. The zero-order valence-electron chi connectivity index (χ0n) is 8.63. The first-order valence-electron chi connectivity index (χ1n) is 5.34. The van der Waals surface area contributed by atoms with Gasteiger partial charge < -0.3 is 15.3 Å². The normalized spacial score (nSPS) is 25.8. The lowest BCUT2D eigenvalue weighted by Gasteiger charge is -2.23. The summed E-state index contributed by atoms with van der Waals surface area (Å²) in [6.07, 6.45) is 3.97. The second-order valence-corrected chi connectivity index (χ2v) is 3.94. The topological polar surface area (TPSA) is 35.5 Å². The fourth-order valence-electron chi connectivity index (χ4n) is 2.12. The van der Waals surface area contributed by atoms with Crippen LogP contribution in [0.1, 0.15) is 19.3 Å². The predicted molar refractivity (Wildman–Crippen MR) is 54.8 cm³/mol. The minimum Gasteiger partial charge on any atom is -0.395 e. The van der Waals surface area contributed by atoms with E-state index in [2.05, 4.69) is 10.2 Å². The number of β-amino-alcohol motifs (C(OH)–C–C–N with tert-alkyl or cyclic N) is 1. The van der Waals surface area contributed by atoms with Crippen LogP contribution in [0.5, 0.6) is 0 Å². The van der Waals surface area contributed by atoms with Crippen molar-refractivity contribution in [3.05, 3.63) is 0 Å². The number of hydrogen-bond acceptors (Lipinski definition) is 3. The smallest absolute Gasteiger partial charge is 0.0558 e. The van der Waals surface area contributed by atoms with Crippen molar-refractivity contribution in [3.8, 4) is 0 Å². The van der Waals surface area contributed by atoms with Crippen molar-refractivity contribution in [3.63, 3.8) is 0 Å². The van der Waals surface area contributed by atoms with Gasteiger partial charge in [0.25, 0.3) is 0 Å². The summed E-state index contributed by atoms with van der Waals surface area (Å²) in [5.74, 6) is 0.777. The number of nitrogens with one attached hydrogen (secondary N) is 1. The summed E-state index contributed by atoms with van der Waals surface area (Å²) in [6.45, 7) is 4.58. The van der Waals surface area contributed by atoms with E-state index in [4.69, 9.17) is 5.11 Å². The molecule has 0 aromatic rings. The second kappa shape index (κ2) is 6.35. The van der Waals surface area contributed by atoms with Crippen LogP contribution in [0, 0.1) is 5.92 Å². The van der Waals surface area contributed by atoms with Gasteiger partial charge in [-0.2, -0.15) is 0 Å². The summed E-state index contributed by atoms with van der Waals surface area (Å²) in [4.78, 5) is 2.38. The van der Waals surface area contributed by atoms with Crippen LogP contribution in [-0.2, 0) is 0 Å². The number of likely N-dealkylation sites (tertiary alicyclic amines) is 1. The predicted octanol–water partition coefficient (Wildman–Crippen LogP) is 0.300. The van der Waals surface area contributed by atoms with Crippen LogP contribution < -0.4 is 5.32 Å². The van der Waals surface area contributed by atoms with Crippen LogP contribution in [0.4, 0.5) is 0 Å². The van der Waals surface area contributed by atoms with Gasteiger partial charge in [-0.05, 0) is 38.9 Å². The Labute approximate surface area is 81.1 Å². The Bertz CT molecular complexity index is 116. The molecule has 0 radical (unpaired) electrons. The van der Waals surface area contributed by atoms with Gasteiger partial charge in [0, 0.05) is 13.1 Å². The van der Waals surface area contributed by atoms with Gasteiger partial charge in [-0.3, -0.25) is 0 Å². The Morgan fingerprint density at radius 1 is 1.46 bits per heavy atom. The second-order valence-electron chi connectivity index (χ2n) is 3.94. The molecule has 1 saturated heterocycles. The number of aliphatic hydroxyl groups excluding tert-OH is 1. The Morgan fingerprint density at radius 3 is 3.00 bits per heavy atom. The molecule has 1 fully saturated rings. The summed E-state index contributed by atoms with van der Waals surface area (Å²) in [6, 6.07) is 0. The minimum absolute atomic E-state index is 0.298. The highest BCUT2D eigenvalue weighted by atomic mass is 16.3. The largest absolute Gasteiger partial charge is 0.395 e.